The molecule has 4 nitrogen and oxygen atoms in total. The van der Waals surface area contributed by atoms with Crippen LogP contribution in [0, 0.1) is 5.92 Å². The molecule has 0 spiro atoms. The van der Waals surface area contributed by atoms with E-state index in [1.165, 1.54) is 16.7 Å². The van der Waals surface area contributed by atoms with E-state index in [0.717, 1.165) is 52.0 Å². The minimum Gasteiger partial charge on any atom is -0.338 e. The predicted octanol–water partition coefficient (Wildman–Crippen LogP) is 3.27. The average Bonchev–Trinajstić information content (AvgIpc) is 2.70. The van der Waals surface area contributed by atoms with Crippen molar-refractivity contribution >= 4 is 5.91 Å². The van der Waals surface area contributed by atoms with Crippen LogP contribution in [0.25, 0.3) is 0 Å². The maximum absolute atomic E-state index is 12.8. The topological polar surface area (TPSA) is 36.4 Å². The van der Waals surface area contributed by atoms with Gasteiger partial charge >= 0.3 is 0 Å². The van der Waals surface area contributed by atoms with E-state index >= 15 is 0 Å². The lowest BCUT2D eigenvalue weighted by Crippen LogP contribution is -2.39. The molecule has 0 atom stereocenters. The third kappa shape index (κ3) is 4.13. The predicted molar refractivity (Wildman–Crippen MR) is 102 cm³/mol. The van der Waals surface area contributed by atoms with E-state index in [1.54, 1.807) is 0 Å². The fourth-order valence-corrected chi connectivity index (χ4v) is 4.18. The zero-order valence-electron chi connectivity index (χ0n) is 15.3. The lowest BCUT2D eigenvalue weighted by molar-refractivity contribution is -0.133. The molecule has 136 valence electrons. The van der Waals surface area contributed by atoms with E-state index in [-0.39, 0.29) is 0 Å². The van der Waals surface area contributed by atoms with Gasteiger partial charge in [0.1, 0.15) is 0 Å². The summed E-state index contributed by atoms with van der Waals surface area (Å²) in [6, 6.07) is 12.7. The lowest BCUT2D eigenvalue weighted by atomic mass is 9.92. The molecule has 0 radical (unpaired) electrons. The van der Waals surface area contributed by atoms with Crippen LogP contribution in [0.5, 0.6) is 0 Å². The summed E-state index contributed by atoms with van der Waals surface area (Å²) in [5.41, 5.74) is 4.04. The first-order chi connectivity index (χ1) is 12.8. The minimum absolute atomic E-state index is 0.340. The second-order valence-electron chi connectivity index (χ2n) is 7.61. The van der Waals surface area contributed by atoms with Crippen molar-refractivity contribution in [3.8, 4) is 0 Å². The largest absolute Gasteiger partial charge is 0.338 e. The third-order valence-corrected chi connectivity index (χ3v) is 5.81. The van der Waals surface area contributed by atoms with Crippen molar-refractivity contribution in [1.82, 2.24) is 14.8 Å². The first-order valence-electron chi connectivity index (χ1n) is 9.74. The van der Waals surface area contributed by atoms with Gasteiger partial charge in [0.15, 0.2) is 0 Å². The molecule has 2 aliphatic heterocycles. The Bertz CT molecular complexity index is 738. The Morgan fingerprint density at radius 3 is 2.50 bits per heavy atom. The number of fused-ring (bicyclic) bond motifs is 1. The number of pyridine rings is 1. The number of hydrogen-bond donors (Lipinski definition) is 0. The Morgan fingerprint density at radius 2 is 1.73 bits per heavy atom. The summed E-state index contributed by atoms with van der Waals surface area (Å²) in [5, 5.41) is 0. The molecule has 2 aliphatic rings. The van der Waals surface area contributed by atoms with E-state index in [9.17, 15) is 4.79 Å². The normalized spacial score (nSPS) is 18.5. The summed E-state index contributed by atoms with van der Waals surface area (Å²) in [6.45, 7) is 4.82. The number of amides is 1. The van der Waals surface area contributed by atoms with Crippen LogP contribution in [-0.2, 0) is 24.3 Å². The zero-order valence-corrected chi connectivity index (χ0v) is 15.3. The summed E-state index contributed by atoms with van der Waals surface area (Å²) in [6.07, 6.45) is 7.68. The van der Waals surface area contributed by atoms with Crippen molar-refractivity contribution in [2.45, 2.75) is 38.8 Å². The Kier molecular flexibility index (Phi) is 5.30. The first-order valence-corrected chi connectivity index (χ1v) is 9.74. The number of benzene rings is 1. The van der Waals surface area contributed by atoms with Crippen LogP contribution in [0.3, 0.4) is 0 Å². The molecule has 26 heavy (non-hydrogen) atoms. The van der Waals surface area contributed by atoms with Crippen LogP contribution in [0.4, 0.5) is 0 Å². The molecular formula is C22H27N3O. The second-order valence-corrected chi connectivity index (χ2v) is 7.61. The summed E-state index contributed by atoms with van der Waals surface area (Å²) in [7, 11) is 0. The van der Waals surface area contributed by atoms with E-state index in [2.05, 4.69) is 51.2 Å². The fraction of sp³-hybridized carbons (Fsp3) is 0.455. The number of aromatic nitrogens is 1. The number of rotatable bonds is 4. The van der Waals surface area contributed by atoms with Crippen LogP contribution in [0.1, 0.15) is 36.0 Å². The van der Waals surface area contributed by atoms with Crippen LogP contribution in [-0.4, -0.2) is 40.3 Å². The molecule has 1 fully saturated rings. The molecule has 1 aromatic carbocycles. The highest BCUT2D eigenvalue weighted by molar-refractivity contribution is 5.76. The summed E-state index contributed by atoms with van der Waals surface area (Å²) in [4.78, 5) is 21.4. The van der Waals surface area contributed by atoms with Gasteiger partial charge in [-0.3, -0.25) is 14.7 Å². The number of hydrogen-bond acceptors (Lipinski definition) is 3. The van der Waals surface area contributed by atoms with Crippen molar-refractivity contribution in [3.05, 3.63) is 65.5 Å². The SMILES string of the molecule is O=C(CC1CCN(Cc2ccncc2)CC1)N1CCc2ccccc2C1. The molecular weight excluding hydrogens is 322 g/mol. The van der Waals surface area contributed by atoms with Crippen LogP contribution in [0.15, 0.2) is 48.8 Å². The minimum atomic E-state index is 0.340. The number of carbonyl (C=O) groups excluding carboxylic acids is 1. The highest BCUT2D eigenvalue weighted by Crippen LogP contribution is 2.25. The standard InChI is InChI=1S/C22H27N3O/c26-22(25-14-9-20-3-1-2-4-21(20)17-25)15-18-7-12-24(13-8-18)16-19-5-10-23-11-6-19/h1-6,10-11,18H,7-9,12-17H2. The van der Waals surface area contributed by atoms with Gasteiger partial charge in [0.25, 0.3) is 0 Å². The molecule has 1 saturated heterocycles. The summed E-state index contributed by atoms with van der Waals surface area (Å²) in [5.74, 6) is 0.875. The molecule has 1 aromatic heterocycles. The van der Waals surface area contributed by atoms with Gasteiger partial charge in [-0.05, 0) is 67.1 Å². The van der Waals surface area contributed by atoms with Crippen LogP contribution in [0.2, 0.25) is 0 Å². The van der Waals surface area contributed by atoms with E-state index in [4.69, 9.17) is 0 Å². The van der Waals surface area contributed by atoms with Gasteiger partial charge in [0, 0.05) is 38.4 Å². The highest BCUT2D eigenvalue weighted by Gasteiger charge is 2.25. The molecule has 0 aliphatic carbocycles. The molecule has 0 unspecified atom stereocenters. The molecule has 0 saturated carbocycles. The van der Waals surface area contributed by atoms with Crippen molar-refractivity contribution in [1.29, 1.82) is 0 Å². The maximum atomic E-state index is 12.8. The molecule has 2 aromatic rings. The van der Waals surface area contributed by atoms with Gasteiger partial charge < -0.3 is 4.90 Å². The number of likely N-dealkylation sites (tertiary alicyclic amines) is 1. The van der Waals surface area contributed by atoms with Crippen LogP contribution < -0.4 is 0 Å². The quantitative estimate of drug-likeness (QED) is 0.850. The average molecular weight is 349 g/mol. The Balaban J connectivity index is 1.25. The van der Waals surface area contributed by atoms with Gasteiger partial charge in [0.05, 0.1) is 0 Å². The fourth-order valence-electron chi connectivity index (χ4n) is 4.18. The summed E-state index contributed by atoms with van der Waals surface area (Å²) < 4.78 is 0. The highest BCUT2D eigenvalue weighted by atomic mass is 16.2. The van der Waals surface area contributed by atoms with Crippen molar-refractivity contribution < 1.29 is 4.79 Å². The second kappa shape index (κ2) is 8.00. The first kappa shape index (κ1) is 17.2. The monoisotopic (exact) mass is 349 g/mol. The van der Waals surface area contributed by atoms with Gasteiger partial charge in [-0.15, -0.1) is 0 Å². The van der Waals surface area contributed by atoms with Gasteiger partial charge in [-0.2, -0.15) is 0 Å². The van der Waals surface area contributed by atoms with Crippen molar-refractivity contribution in [2.75, 3.05) is 19.6 Å². The van der Waals surface area contributed by atoms with E-state index in [0.29, 0.717) is 18.2 Å². The maximum Gasteiger partial charge on any atom is 0.223 e. The number of carbonyl (C=O) groups is 1. The third-order valence-electron chi connectivity index (χ3n) is 5.81. The van der Waals surface area contributed by atoms with Gasteiger partial charge in [-0.25, -0.2) is 0 Å². The molecule has 4 heteroatoms. The molecule has 0 N–H and O–H groups in total. The van der Waals surface area contributed by atoms with E-state index < -0.39 is 0 Å². The molecule has 4 rings (SSSR count). The van der Waals surface area contributed by atoms with Gasteiger partial charge in [0.2, 0.25) is 5.91 Å². The smallest absolute Gasteiger partial charge is 0.223 e. The number of piperidine rings is 1. The number of nitrogens with zero attached hydrogens (tertiary/aromatic N) is 3. The summed E-state index contributed by atoms with van der Waals surface area (Å²) >= 11 is 0. The molecule has 1 amide bonds. The Morgan fingerprint density at radius 1 is 1.00 bits per heavy atom. The lowest BCUT2D eigenvalue weighted by Gasteiger charge is -2.34. The molecule has 0 bridgehead atoms. The Labute approximate surface area is 155 Å². The zero-order chi connectivity index (χ0) is 17.8. The van der Waals surface area contributed by atoms with Crippen molar-refractivity contribution in [3.63, 3.8) is 0 Å². The van der Waals surface area contributed by atoms with E-state index in [1.807, 2.05) is 12.4 Å². The van der Waals surface area contributed by atoms with Crippen molar-refractivity contribution in [2.24, 2.45) is 5.92 Å². The van der Waals surface area contributed by atoms with Crippen LogP contribution >= 0.6 is 0 Å². The Hall–Kier alpha value is -2.20. The molecule has 3 heterocycles. The van der Waals surface area contributed by atoms with Gasteiger partial charge in [-0.1, -0.05) is 24.3 Å².